The van der Waals surface area contributed by atoms with Crippen LogP contribution in [0.25, 0.3) is 0 Å². The van der Waals surface area contributed by atoms with Crippen molar-refractivity contribution in [2.24, 2.45) is 0 Å². The van der Waals surface area contributed by atoms with Crippen LogP contribution in [-0.4, -0.2) is 48.9 Å². The van der Waals surface area contributed by atoms with Crippen LogP contribution in [0.5, 0.6) is 0 Å². The van der Waals surface area contributed by atoms with Crippen LogP contribution in [0.2, 0.25) is 0 Å². The fourth-order valence-electron chi connectivity index (χ4n) is 2.84. The first kappa shape index (κ1) is 17.2. The Bertz CT molecular complexity index is 557. The number of piperidine rings is 1. The largest absolute Gasteiger partial charge is 0.362 e. The first-order valence-corrected chi connectivity index (χ1v) is 8.05. The van der Waals surface area contributed by atoms with Crippen LogP contribution in [0.4, 0.5) is 10.1 Å². The van der Waals surface area contributed by atoms with Crippen LogP contribution in [0.1, 0.15) is 26.7 Å². The number of anilines is 1. The van der Waals surface area contributed by atoms with E-state index in [4.69, 9.17) is 0 Å². The maximum atomic E-state index is 13.3. The first-order valence-electron chi connectivity index (χ1n) is 8.05. The molecule has 0 spiro atoms. The molecule has 0 aromatic heterocycles. The van der Waals surface area contributed by atoms with E-state index in [-0.39, 0.29) is 30.2 Å². The molecule has 0 radical (unpaired) electrons. The monoisotopic (exact) mass is 321 g/mol. The number of rotatable bonds is 5. The molecule has 0 unspecified atom stereocenters. The molecule has 1 fully saturated rings. The Labute approximate surface area is 136 Å². The van der Waals surface area contributed by atoms with Crippen LogP contribution in [0.3, 0.4) is 0 Å². The molecule has 2 rings (SSSR count). The van der Waals surface area contributed by atoms with Gasteiger partial charge >= 0.3 is 0 Å². The maximum absolute atomic E-state index is 13.3. The summed E-state index contributed by atoms with van der Waals surface area (Å²) in [7, 11) is 0. The molecule has 6 heteroatoms. The summed E-state index contributed by atoms with van der Waals surface area (Å²) in [5, 5.41) is 3.02. The van der Waals surface area contributed by atoms with Gasteiger partial charge in [-0.3, -0.25) is 9.59 Å². The molecule has 1 aromatic rings. The van der Waals surface area contributed by atoms with Gasteiger partial charge in [0, 0.05) is 38.3 Å². The molecule has 1 N–H and O–H groups in total. The van der Waals surface area contributed by atoms with Gasteiger partial charge in [0.25, 0.3) is 0 Å². The van der Waals surface area contributed by atoms with E-state index in [1.807, 2.05) is 11.8 Å². The zero-order chi connectivity index (χ0) is 16.8. The molecular weight excluding hydrogens is 297 g/mol. The number of amides is 2. The van der Waals surface area contributed by atoms with Gasteiger partial charge in [-0.2, -0.15) is 0 Å². The Hall–Kier alpha value is -2.11. The van der Waals surface area contributed by atoms with Crippen LogP contribution in [-0.2, 0) is 9.59 Å². The van der Waals surface area contributed by atoms with Crippen molar-refractivity contribution < 1.29 is 14.0 Å². The predicted octanol–water partition coefficient (Wildman–Crippen LogP) is 1.78. The van der Waals surface area contributed by atoms with E-state index in [9.17, 15) is 14.0 Å². The molecule has 1 aromatic carbocycles. The summed E-state index contributed by atoms with van der Waals surface area (Å²) in [6.45, 7) is 5.69. The lowest BCUT2D eigenvalue weighted by molar-refractivity contribution is -0.130. The van der Waals surface area contributed by atoms with Crippen molar-refractivity contribution >= 4 is 17.5 Å². The molecule has 0 saturated carbocycles. The summed E-state index contributed by atoms with van der Waals surface area (Å²) in [6.07, 6.45) is 1.55. The lowest BCUT2D eigenvalue weighted by Gasteiger charge is -2.32. The van der Waals surface area contributed by atoms with Crippen LogP contribution in [0, 0.1) is 5.82 Å². The topological polar surface area (TPSA) is 52.7 Å². The van der Waals surface area contributed by atoms with E-state index in [1.165, 1.54) is 12.1 Å². The Balaban J connectivity index is 1.85. The highest BCUT2D eigenvalue weighted by molar-refractivity contribution is 5.81. The summed E-state index contributed by atoms with van der Waals surface area (Å²) < 4.78 is 13.3. The van der Waals surface area contributed by atoms with E-state index >= 15 is 0 Å². The molecule has 0 bridgehead atoms. The zero-order valence-electron chi connectivity index (χ0n) is 13.7. The van der Waals surface area contributed by atoms with Gasteiger partial charge in [0.15, 0.2) is 0 Å². The van der Waals surface area contributed by atoms with Gasteiger partial charge in [0.2, 0.25) is 11.8 Å². The smallest absolute Gasteiger partial charge is 0.239 e. The third-order valence-corrected chi connectivity index (χ3v) is 4.19. The van der Waals surface area contributed by atoms with Crippen LogP contribution < -0.4 is 10.2 Å². The molecule has 0 atom stereocenters. The van der Waals surface area contributed by atoms with E-state index in [0.717, 1.165) is 12.8 Å². The van der Waals surface area contributed by atoms with Crippen molar-refractivity contribution in [3.05, 3.63) is 30.1 Å². The second kappa shape index (κ2) is 7.94. The van der Waals surface area contributed by atoms with Crippen molar-refractivity contribution in [1.29, 1.82) is 0 Å². The predicted molar refractivity (Wildman–Crippen MR) is 87.7 cm³/mol. The minimum absolute atomic E-state index is 0.0719. The third kappa shape index (κ3) is 4.94. The molecule has 1 heterocycles. The Morgan fingerprint density at radius 1 is 1.35 bits per heavy atom. The molecule has 5 nitrogen and oxygen atoms in total. The van der Waals surface area contributed by atoms with Gasteiger partial charge in [-0.1, -0.05) is 6.07 Å². The highest BCUT2D eigenvalue weighted by atomic mass is 19.1. The fourth-order valence-corrected chi connectivity index (χ4v) is 2.84. The number of carbonyl (C=O) groups excluding carboxylic acids is 2. The molecule has 1 aliphatic rings. The number of halogens is 1. The van der Waals surface area contributed by atoms with Crippen LogP contribution in [0.15, 0.2) is 24.3 Å². The van der Waals surface area contributed by atoms with E-state index in [1.54, 1.807) is 24.0 Å². The number of nitrogens with one attached hydrogen (secondary N) is 1. The minimum atomic E-state index is -0.307. The number of likely N-dealkylation sites (tertiary alicyclic amines) is 1. The number of nitrogens with zero attached hydrogens (tertiary/aromatic N) is 2. The average Bonchev–Trinajstić information content (AvgIpc) is 2.53. The summed E-state index contributed by atoms with van der Waals surface area (Å²) in [4.78, 5) is 27.2. The standard InChI is InChI=1S/C17H24FN3O2/c1-3-20(16-6-4-5-14(18)11-16)12-17(23)19-15-7-9-21(10-8-15)13(2)22/h4-6,11,15H,3,7-10,12H2,1-2H3,(H,19,23). The van der Waals surface area contributed by atoms with Gasteiger partial charge in [0.05, 0.1) is 6.54 Å². The number of benzene rings is 1. The number of carbonyl (C=O) groups is 2. The van der Waals surface area contributed by atoms with Crippen molar-refractivity contribution in [1.82, 2.24) is 10.2 Å². The van der Waals surface area contributed by atoms with Crippen molar-refractivity contribution in [2.45, 2.75) is 32.7 Å². The molecule has 23 heavy (non-hydrogen) atoms. The third-order valence-electron chi connectivity index (χ3n) is 4.19. The van der Waals surface area contributed by atoms with Gasteiger partial charge in [-0.15, -0.1) is 0 Å². The normalized spacial score (nSPS) is 15.3. The van der Waals surface area contributed by atoms with Gasteiger partial charge in [-0.05, 0) is 38.0 Å². The van der Waals surface area contributed by atoms with Crippen molar-refractivity contribution in [3.8, 4) is 0 Å². The molecule has 126 valence electrons. The van der Waals surface area contributed by atoms with Crippen molar-refractivity contribution in [3.63, 3.8) is 0 Å². The molecular formula is C17H24FN3O2. The van der Waals surface area contributed by atoms with Crippen molar-refractivity contribution in [2.75, 3.05) is 31.1 Å². The fraction of sp³-hybridized carbons (Fsp3) is 0.529. The minimum Gasteiger partial charge on any atom is -0.362 e. The second-order valence-electron chi connectivity index (χ2n) is 5.84. The van der Waals surface area contributed by atoms with Gasteiger partial charge in [-0.25, -0.2) is 4.39 Å². The summed E-state index contributed by atoms with van der Waals surface area (Å²) in [6, 6.07) is 6.36. The van der Waals surface area contributed by atoms with E-state index in [0.29, 0.717) is 25.3 Å². The summed E-state index contributed by atoms with van der Waals surface area (Å²) in [5.41, 5.74) is 0.703. The SMILES string of the molecule is CCN(CC(=O)NC1CCN(C(C)=O)CC1)c1cccc(F)c1. The zero-order valence-corrected chi connectivity index (χ0v) is 13.7. The number of likely N-dealkylation sites (N-methyl/N-ethyl adjacent to an activating group) is 1. The van der Waals surface area contributed by atoms with E-state index in [2.05, 4.69) is 5.32 Å². The molecule has 1 aliphatic heterocycles. The molecule has 0 aliphatic carbocycles. The summed E-state index contributed by atoms with van der Waals surface area (Å²) in [5.74, 6) is -0.298. The molecule has 2 amide bonds. The number of hydrogen-bond acceptors (Lipinski definition) is 3. The summed E-state index contributed by atoms with van der Waals surface area (Å²) >= 11 is 0. The number of hydrogen-bond donors (Lipinski definition) is 1. The maximum Gasteiger partial charge on any atom is 0.239 e. The lowest BCUT2D eigenvalue weighted by atomic mass is 10.1. The average molecular weight is 321 g/mol. The van der Waals surface area contributed by atoms with Gasteiger partial charge < -0.3 is 15.1 Å². The Morgan fingerprint density at radius 3 is 2.61 bits per heavy atom. The quantitative estimate of drug-likeness (QED) is 0.899. The highest BCUT2D eigenvalue weighted by Crippen LogP contribution is 2.15. The van der Waals surface area contributed by atoms with Crippen LogP contribution >= 0.6 is 0 Å². The van der Waals surface area contributed by atoms with Gasteiger partial charge in [0.1, 0.15) is 5.82 Å². The Kier molecular flexibility index (Phi) is 5.96. The second-order valence-corrected chi connectivity index (χ2v) is 5.84. The lowest BCUT2D eigenvalue weighted by Crippen LogP contribution is -2.48. The highest BCUT2D eigenvalue weighted by Gasteiger charge is 2.22. The Morgan fingerprint density at radius 2 is 2.04 bits per heavy atom. The van der Waals surface area contributed by atoms with E-state index < -0.39 is 0 Å². The first-order chi connectivity index (χ1) is 11.0. The molecule has 1 saturated heterocycles.